The van der Waals surface area contributed by atoms with Crippen molar-refractivity contribution in [3.63, 3.8) is 0 Å². The summed E-state index contributed by atoms with van der Waals surface area (Å²) < 4.78 is 32.6. The molecule has 9 heteroatoms. The molecule has 0 aliphatic carbocycles. The predicted molar refractivity (Wildman–Crippen MR) is 104 cm³/mol. The standard InChI is InChI=1S/C18H26N4O4S/c1-5-15-14(21-18(23)26-15)7-6-8-20-17(19)22-27(24,25)16-12(3)9-11(2)10-13(16)4/h5,9-10,14-15H,1,6-8H2,2-4H3,(H,21,23)(H3,19,20,22). The topological polar surface area (TPSA) is 123 Å². The zero-order valence-electron chi connectivity index (χ0n) is 15.8. The van der Waals surface area contributed by atoms with Crippen molar-refractivity contribution in [3.05, 3.63) is 41.5 Å². The molecule has 27 heavy (non-hydrogen) atoms. The first-order valence-corrected chi connectivity index (χ1v) is 10.1. The number of hydrogen-bond donors (Lipinski definition) is 3. The quantitative estimate of drug-likeness (QED) is 0.281. The molecule has 1 aromatic rings. The third-order valence-corrected chi connectivity index (χ3v) is 5.90. The van der Waals surface area contributed by atoms with Crippen molar-refractivity contribution in [1.29, 1.82) is 0 Å². The number of alkyl carbamates (subject to hydrolysis) is 1. The summed E-state index contributed by atoms with van der Waals surface area (Å²) >= 11 is 0. The van der Waals surface area contributed by atoms with Crippen LogP contribution in [0.1, 0.15) is 29.5 Å². The molecule has 2 atom stereocenters. The number of cyclic esters (lactones) is 1. The van der Waals surface area contributed by atoms with Gasteiger partial charge < -0.3 is 15.8 Å². The Morgan fingerprint density at radius 2 is 2.00 bits per heavy atom. The van der Waals surface area contributed by atoms with Gasteiger partial charge in [-0.15, -0.1) is 0 Å². The van der Waals surface area contributed by atoms with Crippen LogP contribution < -0.4 is 15.8 Å². The van der Waals surface area contributed by atoms with Gasteiger partial charge >= 0.3 is 6.09 Å². The number of sulfonamides is 1. The van der Waals surface area contributed by atoms with Gasteiger partial charge in [0.05, 0.1) is 10.9 Å². The summed E-state index contributed by atoms with van der Waals surface area (Å²) in [6.45, 7) is 9.35. The number of carbonyl (C=O) groups is 1. The number of nitrogens with zero attached hydrogens (tertiary/aromatic N) is 1. The van der Waals surface area contributed by atoms with E-state index in [1.54, 1.807) is 19.9 Å². The highest BCUT2D eigenvalue weighted by atomic mass is 32.2. The summed E-state index contributed by atoms with van der Waals surface area (Å²) in [4.78, 5) is 15.5. The number of benzene rings is 1. The van der Waals surface area contributed by atoms with Crippen LogP contribution in [0.15, 0.2) is 34.7 Å². The Balaban J connectivity index is 1.95. The fraction of sp³-hybridized carbons (Fsp3) is 0.444. The van der Waals surface area contributed by atoms with Crippen molar-refractivity contribution in [2.45, 2.75) is 50.7 Å². The number of nitrogens with two attached hydrogens (primary N) is 1. The first-order valence-electron chi connectivity index (χ1n) is 8.64. The molecule has 0 saturated carbocycles. The molecule has 1 aliphatic rings. The number of aliphatic imine (C=N–C) groups is 1. The van der Waals surface area contributed by atoms with Crippen molar-refractivity contribution in [1.82, 2.24) is 10.0 Å². The van der Waals surface area contributed by atoms with Crippen LogP contribution in [0.2, 0.25) is 0 Å². The SMILES string of the molecule is C=CC1OC(=O)NC1CCCN=C(N)NS(=O)(=O)c1c(C)cc(C)cc1C. The second-order valence-electron chi connectivity index (χ2n) is 6.60. The average molecular weight is 394 g/mol. The van der Waals surface area contributed by atoms with Gasteiger partial charge in [0.1, 0.15) is 6.10 Å². The molecule has 1 aromatic carbocycles. The smallest absolute Gasteiger partial charge is 0.408 e. The molecule has 2 rings (SSSR count). The van der Waals surface area contributed by atoms with Crippen LogP contribution in [0.25, 0.3) is 0 Å². The normalized spacial score (nSPS) is 20.1. The van der Waals surface area contributed by atoms with Crippen molar-refractivity contribution in [2.75, 3.05) is 6.54 Å². The molecule has 1 amide bonds. The van der Waals surface area contributed by atoms with Crippen LogP contribution in [0, 0.1) is 20.8 Å². The van der Waals surface area contributed by atoms with Gasteiger partial charge in [-0.3, -0.25) is 4.99 Å². The Labute approximate surface area is 159 Å². The van der Waals surface area contributed by atoms with Gasteiger partial charge in [-0.1, -0.05) is 24.3 Å². The Morgan fingerprint density at radius 1 is 1.37 bits per heavy atom. The van der Waals surface area contributed by atoms with Crippen LogP contribution in [-0.4, -0.2) is 39.2 Å². The number of guanidine groups is 1. The van der Waals surface area contributed by atoms with Crippen LogP contribution in [0.3, 0.4) is 0 Å². The Hall–Kier alpha value is -2.55. The minimum Gasteiger partial charge on any atom is -0.440 e. The Bertz CT molecular complexity index is 841. The number of nitrogens with one attached hydrogen (secondary N) is 2. The van der Waals surface area contributed by atoms with E-state index in [0.717, 1.165) is 5.56 Å². The molecule has 0 aromatic heterocycles. The number of hydrogen-bond acceptors (Lipinski definition) is 5. The number of aryl methyl sites for hydroxylation is 3. The molecular weight excluding hydrogens is 368 g/mol. The maximum absolute atomic E-state index is 12.6. The summed E-state index contributed by atoms with van der Waals surface area (Å²) in [5, 5.41) is 2.70. The summed E-state index contributed by atoms with van der Waals surface area (Å²) in [7, 11) is -3.81. The van der Waals surface area contributed by atoms with E-state index in [1.807, 2.05) is 19.1 Å². The summed E-state index contributed by atoms with van der Waals surface area (Å²) in [5.41, 5.74) is 8.04. The van der Waals surface area contributed by atoms with Gasteiger partial charge in [-0.25, -0.2) is 17.9 Å². The average Bonchev–Trinajstić information content (AvgIpc) is 2.89. The fourth-order valence-electron chi connectivity index (χ4n) is 3.24. The van der Waals surface area contributed by atoms with Gasteiger partial charge in [0.2, 0.25) is 5.96 Å². The second-order valence-corrected chi connectivity index (χ2v) is 8.22. The van der Waals surface area contributed by atoms with Crippen LogP contribution >= 0.6 is 0 Å². The van der Waals surface area contributed by atoms with E-state index >= 15 is 0 Å². The largest absolute Gasteiger partial charge is 0.440 e. The third-order valence-electron chi connectivity index (χ3n) is 4.24. The van der Waals surface area contributed by atoms with E-state index in [2.05, 4.69) is 21.6 Å². The maximum atomic E-state index is 12.6. The molecule has 0 spiro atoms. The van der Waals surface area contributed by atoms with Gasteiger partial charge in [0.25, 0.3) is 10.0 Å². The van der Waals surface area contributed by atoms with E-state index in [9.17, 15) is 13.2 Å². The van der Waals surface area contributed by atoms with E-state index in [0.29, 0.717) is 30.5 Å². The molecule has 1 heterocycles. The first-order chi connectivity index (χ1) is 12.6. The van der Waals surface area contributed by atoms with Crippen molar-refractivity contribution < 1.29 is 17.9 Å². The second kappa shape index (κ2) is 8.43. The molecule has 148 valence electrons. The van der Waals surface area contributed by atoms with Crippen LogP contribution in [-0.2, 0) is 14.8 Å². The number of carbonyl (C=O) groups excluding carboxylic acids is 1. The lowest BCUT2D eigenvalue weighted by molar-refractivity contribution is 0.152. The summed E-state index contributed by atoms with van der Waals surface area (Å²) in [6.07, 6.45) is 1.95. The summed E-state index contributed by atoms with van der Waals surface area (Å²) in [6, 6.07) is 3.45. The molecule has 1 fully saturated rings. The molecule has 8 nitrogen and oxygen atoms in total. The molecule has 1 saturated heterocycles. The minimum atomic E-state index is -3.81. The minimum absolute atomic E-state index is 0.165. The lowest BCUT2D eigenvalue weighted by atomic mass is 10.1. The van der Waals surface area contributed by atoms with Gasteiger partial charge in [0.15, 0.2) is 0 Å². The van der Waals surface area contributed by atoms with E-state index < -0.39 is 16.1 Å². The fourth-order valence-corrected chi connectivity index (χ4v) is 4.65. The molecule has 2 unspecified atom stereocenters. The highest BCUT2D eigenvalue weighted by molar-refractivity contribution is 7.90. The third kappa shape index (κ3) is 5.22. The molecular formula is C18H26N4O4S. The van der Waals surface area contributed by atoms with Crippen molar-refractivity contribution in [2.24, 2.45) is 10.7 Å². The Morgan fingerprint density at radius 3 is 2.59 bits per heavy atom. The molecule has 0 bridgehead atoms. The molecule has 1 aliphatic heterocycles. The highest BCUT2D eigenvalue weighted by Gasteiger charge is 2.30. The Kier molecular flexibility index (Phi) is 6.48. The number of rotatable bonds is 7. The van der Waals surface area contributed by atoms with E-state index in [1.165, 1.54) is 0 Å². The van der Waals surface area contributed by atoms with Crippen molar-refractivity contribution >= 4 is 22.1 Å². The highest BCUT2D eigenvalue weighted by Crippen LogP contribution is 2.21. The van der Waals surface area contributed by atoms with Crippen LogP contribution in [0.5, 0.6) is 0 Å². The number of ether oxygens (including phenoxy) is 1. The van der Waals surface area contributed by atoms with Gasteiger partial charge in [-0.2, -0.15) is 0 Å². The lowest BCUT2D eigenvalue weighted by Gasteiger charge is -2.14. The van der Waals surface area contributed by atoms with Gasteiger partial charge in [0, 0.05) is 6.54 Å². The van der Waals surface area contributed by atoms with E-state index in [-0.39, 0.29) is 23.0 Å². The summed E-state index contributed by atoms with van der Waals surface area (Å²) in [5.74, 6) is -0.165. The maximum Gasteiger partial charge on any atom is 0.408 e. The zero-order valence-corrected chi connectivity index (χ0v) is 16.6. The monoisotopic (exact) mass is 394 g/mol. The zero-order chi connectivity index (χ0) is 20.2. The predicted octanol–water partition coefficient (Wildman–Crippen LogP) is 1.65. The first kappa shape index (κ1) is 20.8. The lowest BCUT2D eigenvalue weighted by Crippen LogP contribution is -2.37. The van der Waals surface area contributed by atoms with Crippen molar-refractivity contribution in [3.8, 4) is 0 Å². The molecule has 0 radical (unpaired) electrons. The van der Waals surface area contributed by atoms with Gasteiger partial charge in [-0.05, 0) is 50.8 Å². The van der Waals surface area contributed by atoms with E-state index in [4.69, 9.17) is 10.5 Å². The number of amides is 1. The molecule has 4 N–H and O–H groups in total. The van der Waals surface area contributed by atoms with Crippen LogP contribution in [0.4, 0.5) is 4.79 Å².